The summed E-state index contributed by atoms with van der Waals surface area (Å²) in [5, 5.41) is 10.0. The van der Waals surface area contributed by atoms with Gasteiger partial charge in [0.2, 0.25) is 6.33 Å². The van der Waals surface area contributed by atoms with Gasteiger partial charge in [0.05, 0.1) is 0 Å². The molecular weight excluding hydrogens is 190 g/mol. The lowest BCUT2D eigenvalue weighted by Crippen LogP contribution is -2.23. The van der Waals surface area contributed by atoms with Gasteiger partial charge in [-0.1, -0.05) is 0 Å². The number of hydrogen-bond donors (Lipinski definition) is 0. The van der Waals surface area contributed by atoms with Crippen LogP contribution in [-0.4, -0.2) is 21.5 Å². The first kappa shape index (κ1) is 9.55. The highest BCUT2D eigenvalue weighted by atomic mass is 19.4. The number of nitrogens with zero attached hydrogens (tertiary/aromatic N) is 3. The van der Waals surface area contributed by atoms with Crippen molar-refractivity contribution in [2.24, 2.45) is 0 Å². The molecule has 5 nitrogen and oxygen atoms in total. The monoisotopic (exact) mass is 194 g/mol. The molecule has 0 aliphatic carbocycles. The molecule has 13 heavy (non-hydrogen) atoms. The standard InChI is InChI=1S/C4H4BF3N3O2/c6-5(7,8)2-10-1-4(9-3-10)11(12)13/h1,3H,2H2/q-1. The first-order valence-electron chi connectivity index (χ1n) is 3.25. The van der Waals surface area contributed by atoms with Gasteiger partial charge in [0.1, 0.15) is 6.20 Å². The molecule has 9 heteroatoms. The van der Waals surface area contributed by atoms with Crippen molar-refractivity contribution in [1.29, 1.82) is 0 Å². The van der Waals surface area contributed by atoms with Crippen LogP contribution in [0.1, 0.15) is 0 Å². The van der Waals surface area contributed by atoms with Crippen LogP contribution in [0.5, 0.6) is 0 Å². The summed E-state index contributed by atoms with van der Waals surface area (Å²) in [6.07, 6.45) is 0.323. The Kier molecular flexibility index (Phi) is 2.26. The van der Waals surface area contributed by atoms with Gasteiger partial charge in [0.25, 0.3) is 0 Å². The number of aromatic nitrogens is 2. The van der Waals surface area contributed by atoms with Crippen LogP contribution in [0.4, 0.5) is 18.8 Å². The van der Waals surface area contributed by atoms with Gasteiger partial charge < -0.3 is 27.6 Å². The molecule has 0 radical (unpaired) electrons. The molecule has 0 amide bonds. The normalized spacial score (nSPS) is 11.6. The minimum Gasteiger partial charge on any atom is -0.448 e. The van der Waals surface area contributed by atoms with E-state index in [-0.39, 0.29) is 0 Å². The molecule has 72 valence electrons. The Morgan fingerprint density at radius 2 is 2.23 bits per heavy atom. The number of halogens is 3. The minimum absolute atomic E-state index is 0.583. The Morgan fingerprint density at radius 1 is 1.62 bits per heavy atom. The van der Waals surface area contributed by atoms with Crippen molar-refractivity contribution in [3.63, 3.8) is 0 Å². The Labute approximate surface area is 70.4 Å². The Morgan fingerprint density at radius 3 is 2.62 bits per heavy atom. The molecule has 0 spiro atoms. The maximum Gasteiger partial charge on any atom is 0.497 e. The van der Waals surface area contributed by atoms with E-state index in [4.69, 9.17) is 0 Å². The number of nitro groups is 1. The summed E-state index contributed by atoms with van der Waals surface area (Å²) in [7, 11) is 0. The Bertz CT molecular complexity index is 323. The van der Waals surface area contributed by atoms with Crippen molar-refractivity contribution in [2.75, 3.05) is 0 Å². The molecule has 0 bridgehead atoms. The second-order valence-electron chi connectivity index (χ2n) is 2.40. The SMILES string of the molecule is O=[N+]([O-])c1cn(C[B-](F)(F)F)cn1. The van der Waals surface area contributed by atoms with E-state index in [9.17, 15) is 23.1 Å². The highest BCUT2D eigenvalue weighted by Gasteiger charge is 2.25. The lowest BCUT2D eigenvalue weighted by Gasteiger charge is -2.12. The van der Waals surface area contributed by atoms with Crippen LogP contribution < -0.4 is 0 Å². The lowest BCUT2D eigenvalue weighted by atomic mass is 9.92. The fourth-order valence-electron chi connectivity index (χ4n) is 0.781. The zero-order valence-electron chi connectivity index (χ0n) is 6.23. The maximum atomic E-state index is 11.8. The molecule has 0 saturated heterocycles. The van der Waals surface area contributed by atoms with Gasteiger partial charge in [-0.3, -0.25) is 0 Å². The molecule has 0 aliphatic rings. The smallest absolute Gasteiger partial charge is 0.448 e. The average molecular weight is 194 g/mol. The summed E-state index contributed by atoms with van der Waals surface area (Å²) in [4.78, 5) is 12.4. The molecule has 1 aromatic rings. The number of rotatable bonds is 3. The molecular formula is C4H4BF3N3O2-. The van der Waals surface area contributed by atoms with Crippen LogP contribution in [0.3, 0.4) is 0 Å². The third kappa shape index (κ3) is 2.77. The molecule has 1 heterocycles. The van der Waals surface area contributed by atoms with Gasteiger partial charge in [-0.05, 0) is 16.4 Å². The summed E-state index contributed by atoms with van der Waals surface area (Å²) in [6, 6.07) is 0. The van der Waals surface area contributed by atoms with Crippen LogP contribution in [0.15, 0.2) is 12.5 Å². The van der Waals surface area contributed by atoms with Crippen LogP contribution in [0.25, 0.3) is 0 Å². The van der Waals surface area contributed by atoms with Crippen molar-refractivity contribution in [2.45, 2.75) is 6.44 Å². The fraction of sp³-hybridized carbons (Fsp3) is 0.250. The molecule has 1 aromatic heterocycles. The molecule has 0 unspecified atom stereocenters. The zero-order valence-corrected chi connectivity index (χ0v) is 6.23. The maximum absolute atomic E-state index is 11.8. The van der Waals surface area contributed by atoms with E-state index in [1.807, 2.05) is 0 Å². The summed E-state index contributed by atoms with van der Waals surface area (Å²) >= 11 is 0. The molecule has 0 aliphatic heterocycles. The molecule has 0 atom stereocenters. The molecule has 0 fully saturated rings. The van der Waals surface area contributed by atoms with Crippen LogP contribution >= 0.6 is 0 Å². The Balaban J connectivity index is 2.75. The highest BCUT2D eigenvalue weighted by molar-refractivity contribution is 6.57. The molecule has 0 saturated carbocycles. The highest BCUT2D eigenvalue weighted by Crippen LogP contribution is 2.13. The Hall–Kier alpha value is -1.54. The molecule has 1 rings (SSSR count). The van der Waals surface area contributed by atoms with Crippen LogP contribution in [0.2, 0.25) is 0 Å². The van der Waals surface area contributed by atoms with Gasteiger partial charge in [-0.2, -0.15) is 0 Å². The van der Waals surface area contributed by atoms with Gasteiger partial charge in [-0.15, -0.1) is 0 Å². The van der Waals surface area contributed by atoms with E-state index in [1.54, 1.807) is 0 Å². The average Bonchev–Trinajstić information content (AvgIpc) is 2.31. The molecule has 0 N–H and O–H groups in total. The van der Waals surface area contributed by atoms with Crippen molar-refractivity contribution in [1.82, 2.24) is 9.55 Å². The van der Waals surface area contributed by atoms with E-state index < -0.39 is 24.2 Å². The van der Waals surface area contributed by atoms with Crippen LogP contribution in [-0.2, 0) is 6.44 Å². The first-order chi connectivity index (χ1) is 5.88. The summed E-state index contributed by atoms with van der Waals surface area (Å²) in [6.45, 7) is -4.99. The van der Waals surface area contributed by atoms with Gasteiger partial charge in [0, 0.05) is 0 Å². The minimum atomic E-state index is -4.99. The van der Waals surface area contributed by atoms with E-state index in [2.05, 4.69) is 4.98 Å². The predicted octanol–water partition coefficient (Wildman–Crippen LogP) is 1.18. The van der Waals surface area contributed by atoms with Gasteiger partial charge in [-0.25, -0.2) is 0 Å². The summed E-state index contributed by atoms with van der Waals surface area (Å²) in [5.74, 6) is -0.583. The topological polar surface area (TPSA) is 61.0 Å². The second-order valence-corrected chi connectivity index (χ2v) is 2.40. The first-order valence-corrected chi connectivity index (χ1v) is 3.25. The lowest BCUT2D eigenvalue weighted by molar-refractivity contribution is -0.389. The van der Waals surface area contributed by atoms with Gasteiger partial charge >= 0.3 is 12.8 Å². The van der Waals surface area contributed by atoms with E-state index >= 15 is 0 Å². The third-order valence-electron chi connectivity index (χ3n) is 1.22. The third-order valence-corrected chi connectivity index (χ3v) is 1.22. The van der Waals surface area contributed by atoms with E-state index in [0.29, 0.717) is 4.57 Å². The van der Waals surface area contributed by atoms with Crippen molar-refractivity contribution >= 4 is 12.8 Å². The second kappa shape index (κ2) is 3.07. The van der Waals surface area contributed by atoms with Crippen molar-refractivity contribution < 1.29 is 17.9 Å². The quantitative estimate of drug-likeness (QED) is 0.412. The van der Waals surface area contributed by atoms with Crippen LogP contribution in [0, 0.1) is 10.1 Å². The largest absolute Gasteiger partial charge is 0.497 e. The van der Waals surface area contributed by atoms with E-state index in [0.717, 1.165) is 12.5 Å². The number of imidazole rings is 1. The summed E-state index contributed by atoms with van der Waals surface area (Å²) in [5.41, 5.74) is 0. The molecule has 0 aromatic carbocycles. The zero-order chi connectivity index (χ0) is 10.1. The van der Waals surface area contributed by atoms with Crippen molar-refractivity contribution in [3.8, 4) is 0 Å². The van der Waals surface area contributed by atoms with Crippen molar-refractivity contribution in [3.05, 3.63) is 22.6 Å². The summed E-state index contributed by atoms with van der Waals surface area (Å²) < 4.78 is 36.0. The van der Waals surface area contributed by atoms with Gasteiger partial charge in [0.15, 0.2) is 0 Å². The predicted molar refractivity (Wildman–Crippen MR) is 38.0 cm³/mol. The number of hydrogen-bond acceptors (Lipinski definition) is 3. The van der Waals surface area contributed by atoms with E-state index in [1.165, 1.54) is 0 Å². The fourth-order valence-corrected chi connectivity index (χ4v) is 0.781.